The van der Waals surface area contributed by atoms with E-state index in [-0.39, 0.29) is 0 Å². The Bertz CT molecular complexity index is 486. The molecule has 16 heavy (non-hydrogen) atoms. The molecule has 0 unspecified atom stereocenters. The standard InChI is InChI=1S/C12H9IN2O/c13-11-5-3-10(4-6-11)8-14-15-9-12-2-1-7-16-12/h1-9H. The Morgan fingerprint density at radius 3 is 2.44 bits per heavy atom. The van der Waals surface area contributed by atoms with Gasteiger partial charge in [-0.2, -0.15) is 10.2 Å². The van der Waals surface area contributed by atoms with E-state index in [1.54, 1.807) is 18.7 Å². The van der Waals surface area contributed by atoms with Crippen molar-refractivity contribution in [2.45, 2.75) is 0 Å². The zero-order valence-electron chi connectivity index (χ0n) is 8.38. The molecule has 1 aromatic heterocycles. The van der Waals surface area contributed by atoms with Gasteiger partial charge >= 0.3 is 0 Å². The van der Waals surface area contributed by atoms with Crippen LogP contribution in [-0.4, -0.2) is 12.4 Å². The van der Waals surface area contributed by atoms with Crippen molar-refractivity contribution in [3.63, 3.8) is 0 Å². The van der Waals surface area contributed by atoms with Gasteiger partial charge in [-0.05, 0) is 52.4 Å². The molecule has 0 bridgehead atoms. The molecule has 0 aliphatic carbocycles. The van der Waals surface area contributed by atoms with E-state index in [0.717, 1.165) is 5.56 Å². The van der Waals surface area contributed by atoms with Crippen LogP contribution in [0.15, 0.2) is 57.3 Å². The Labute approximate surface area is 107 Å². The van der Waals surface area contributed by atoms with Crippen LogP contribution < -0.4 is 0 Å². The molecule has 2 aromatic rings. The summed E-state index contributed by atoms with van der Waals surface area (Å²) in [6.07, 6.45) is 4.88. The van der Waals surface area contributed by atoms with E-state index < -0.39 is 0 Å². The minimum atomic E-state index is 0.694. The molecule has 0 aliphatic rings. The minimum absolute atomic E-state index is 0.694. The van der Waals surface area contributed by atoms with E-state index in [4.69, 9.17) is 4.42 Å². The highest BCUT2D eigenvalue weighted by Crippen LogP contribution is 2.04. The zero-order chi connectivity index (χ0) is 11.2. The molecule has 1 aromatic carbocycles. The van der Waals surface area contributed by atoms with Crippen molar-refractivity contribution >= 4 is 35.0 Å². The van der Waals surface area contributed by atoms with Crippen LogP contribution in [0.25, 0.3) is 0 Å². The third kappa shape index (κ3) is 3.30. The van der Waals surface area contributed by atoms with E-state index in [2.05, 4.69) is 32.8 Å². The molecule has 1 heterocycles. The smallest absolute Gasteiger partial charge is 0.146 e. The number of benzene rings is 1. The van der Waals surface area contributed by atoms with E-state index in [0.29, 0.717) is 5.76 Å². The van der Waals surface area contributed by atoms with Gasteiger partial charge in [0.1, 0.15) is 5.76 Å². The largest absolute Gasteiger partial charge is 0.463 e. The van der Waals surface area contributed by atoms with Gasteiger partial charge in [0.15, 0.2) is 0 Å². The van der Waals surface area contributed by atoms with Crippen LogP contribution >= 0.6 is 22.6 Å². The van der Waals surface area contributed by atoms with Gasteiger partial charge < -0.3 is 4.42 Å². The maximum atomic E-state index is 5.08. The van der Waals surface area contributed by atoms with Crippen molar-refractivity contribution in [3.8, 4) is 0 Å². The van der Waals surface area contributed by atoms with Crippen LogP contribution in [0, 0.1) is 3.57 Å². The maximum absolute atomic E-state index is 5.08. The fourth-order valence-corrected chi connectivity index (χ4v) is 1.46. The second kappa shape index (κ2) is 5.60. The third-order valence-corrected chi connectivity index (χ3v) is 2.59. The fraction of sp³-hybridized carbons (Fsp3) is 0. The molecule has 0 spiro atoms. The Balaban J connectivity index is 1.97. The van der Waals surface area contributed by atoms with Crippen LogP contribution in [0.5, 0.6) is 0 Å². The van der Waals surface area contributed by atoms with Gasteiger partial charge in [0, 0.05) is 3.57 Å². The van der Waals surface area contributed by atoms with Gasteiger partial charge in [0.2, 0.25) is 0 Å². The van der Waals surface area contributed by atoms with E-state index in [9.17, 15) is 0 Å². The Hall–Kier alpha value is -1.43. The first-order valence-corrected chi connectivity index (χ1v) is 5.78. The zero-order valence-corrected chi connectivity index (χ0v) is 10.5. The average molecular weight is 324 g/mol. The third-order valence-electron chi connectivity index (χ3n) is 1.87. The minimum Gasteiger partial charge on any atom is -0.463 e. The highest BCUT2D eigenvalue weighted by atomic mass is 127. The number of rotatable bonds is 3. The first-order valence-electron chi connectivity index (χ1n) is 4.70. The lowest BCUT2D eigenvalue weighted by molar-refractivity contribution is 0.560. The Kier molecular flexibility index (Phi) is 3.87. The van der Waals surface area contributed by atoms with Crippen molar-refractivity contribution in [1.82, 2.24) is 0 Å². The predicted octanol–water partition coefficient (Wildman–Crippen LogP) is 3.34. The molecule has 0 N–H and O–H groups in total. The first-order chi connectivity index (χ1) is 7.84. The number of halogens is 1. The average Bonchev–Trinajstić information content (AvgIpc) is 2.80. The lowest BCUT2D eigenvalue weighted by Crippen LogP contribution is -1.80. The lowest BCUT2D eigenvalue weighted by atomic mass is 10.2. The molecular formula is C12H9IN2O. The summed E-state index contributed by atoms with van der Waals surface area (Å²) in [5.74, 6) is 0.694. The molecule has 0 amide bonds. The Morgan fingerprint density at radius 2 is 1.75 bits per heavy atom. The summed E-state index contributed by atoms with van der Waals surface area (Å²) in [6.45, 7) is 0. The summed E-state index contributed by atoms with van der Waals surface area (Å²) >= 11 is 2.26. The van der Waals surface area contributed by atoms with Crippen molar-refractivity contribution in [3.05, 3.63) is 57.6 Å². The van der Waals surface area contributed by atoms with Crippen LogP contribution in [0.3, 0.4) is 0 Å². The monoisotopic (exact) mass is 324 g/mol. The van der Waals surface area contributed by atoms with E-state index in [1.165, 1.54) is 3.57 Å². The summed E-state index contributed by atoms with van der Waals surface area (Å²) < 4.78 is 6.28. The van der Waals surface area contributed by atoms with Crippen molar-refractivity contribution < 1.29 is 4.42 Å². The number of nitrogens with zero attached hydrogens (tertiary/aromatic N) is 2. The SMILES string of the molecule is Ic1ccc(C=NN=Cc2ccco2)cc1. The molecule has 2 rings (SSSR count). The molecule has 0 saturated carbocycles. The van der Waals surface area contributed by atoms with Crippen molar-refractivity contribution in [1.29, 1.82) is 0 Å². The van der Waals surface area contributed by atoms with Crippen LogP contribution in [0.2, 0.25) is 0 Å². The van der Waals surface area contributed by atoms with Crippen LogP contribution in [0.1, 0.15) is 11.3 Å². The van der Waals surface area contributed by atoms with Gasteiger partial charge in [-0.25, -0.2) is 0 Å². The maximum Gasteiger partial charge on any atom is 0.146 e. The van der Waals surface area contributed by atoms with Gasteiger partial charge in [-0.3, -0.25) is 0 Å². The van der Waals surface area contributed by atoms with Gasteiger partial charge in [0.05, 0.1) is 18.7 Å². The van der Waals surface area contributed by atoms with Gasteiger partial charge in [-0.1, -0.05) is 12.1 Å². The summed E-state index contributed by atoms with van der Waals surface area (Å²) in [5, 5.41) is 7.81. The summed E-state index contributed by atoms with van der Waals surface area (Å²) in [4.78, 5) is 0. The number of hydrogen-bond donors (Lipinski definition) is 0. The molecule has 0 atom stereocenters. The first kappa shape index (κ1) is 11.1. The summed E-state index contributed by atoms with van der Waals surface area (Å²) in [5.41, 5.74) is 1.03. The molecule has 0 radical (unpaired) electrons. The second-order valence-corrected chi connectivity index (χ2v) is 4.30. The van der Waals surface area contributed by atoms with Crippen molar-refractivity contribution in [2.24, 2.45) is 10.2 Å². The van der Waals surface area contributed by atoms with Gasteiger partial charge in [0.25, 0.3) is 0 Å². The summed E-state index contributed by atoms with van der Waals surface area (Å²) in [7, 11) is 0. The quantitative estimate of drug-likeness (QED) is 0.485. The summed E-state index contributed by atoms with van der Waals surface area (Å²) in [6, 6.07) is 11.7. The topological polar surface area (TPSA) is 37.9 Å². The lowest BCUT2D eigenvalue weighted by Gasteiger charge is -1.90. The number of furan rings is 1. The molecule has 3 nitrogen and oxygen atoms in total. The molecule has 80 valence electrons. The highest BCUT2D eigenvalue weighted by molar-refractivity contribution is 14.1. The second-order valence-electron chi connectivity index (χ2n) is 3.06. The van der Waals surface area contributed by atoms with Crippen molar-refractivity contribution in [2.75, 3.05) is 0 Å². The molecule has 0 fully saturated rings. The molecule has 4 heteroatoms. The fourth-order valence-electron chi connectivity index (χ4n) is 1.10. The highest BCUT2D eigenvalue weighted by Gasteiger charge is 1.88. The predicted molar refractivity (Wildman–Crippen MR) is 73.1 cm³/mol. The molecular weight excluding hydrogens is 315 g/mol. The van der Waals surface area contributed by atoms with Crippen LogP contribution in [0.4, 0.5) is 0 Å². The van der Waals surface area contributed by atoms with E-state index in [1.807, 2.05) is 36.4 Å². The molecule has 0 saturated heterocycles. The molecule has 0 aliphatic heterocycles. The Morgan fingerprint density at radius 1 is 1.00 bits per heavy atom. The van der Waals surface area contributed by atoms with Crippen LogP contribution in [-0.2, 0) is 0 Å². The van der Waals surface area contributed by atoms with E-state index >= 15 is 0 Å². The van der Waals surface area contributed by atoms with Gasteiger partial charge in [-0.15, -0.1) is 0 Å². The number of hydrogen-bond acceptors (Lipinski definition) is 3. The normalized spacial score (nSPS) is 11.6.